The molecule has 112 valence electrons. The van der Waals surface area contributed by atoms with Crippen molar-refractivity contribution in [3.8, 4) is 0 Å². The van der Waals surface area contributed by atoms with Crippen LogP contribution in [0, 0.1) is 11.6 Å². The minimum absolute atomic E-state index is 0.237. The van der Waals surface area contributed by atoms with Crippen molar-refractivity contribution >= 4 is 15.7 Å². The van der Waals surface area contributed by atoms with E-state index in [-0.39, 0.29) is 5.92 Å². The fourth-order valence-corrected chi connectivity index (χ4v) is 2.95. The first-order valence-corrected chi connectivity index (χ1v) is 7.85. The van der Waals surface area contributed by atoms with Crippen LogP contribution in [-0.2, 0) is 10.0 Å². The monoisotopic (exact) mass is 311 g/mol. The average Bonchev–Trinajstić information content (AvgIpc) is 2.37. The van der Waals surface area contributed by atoms with Crippen molar-refractivity contribution in [1.82, 2.24) is 0 Å². The van der Waals surface area contributed by atoms with E-state index in [0.717, 1.165) is 17.7 Å². The van der Waals surface area contributed by atoms with E-state index in [1.807, 2.05) is 19.9 Å². The molecule has 0 fully saturated rings. The third-order valence-electron chi connectivity index (χ3n) is 2.95. The molecule has 0 bridgehead atoms. The largest absolute Gasteiger partial charge is 0.280 e. The highest BCUT2D eigenvalue weighted by atomic mass is 32.2. The fourth-order valence-electron chi connectivity index (χ4n) is 1.86. The molecule has 0 atom stereocenters. The summed E-state index contributed by atoms with van der Waals surface area (Å²) in [4.78, 5) is -0.449. The molecule has 0 aromatic heterocycles. The highest BCUT2D eigenvalue weighted by Crippen LogP contribution is 2.22. The van der Waals surface area contributed by atoms with Crippen molar-refractivity contribution in [1.29, 1.82) is 0 Å². The number of sulfonamides is 1. The summed E-state index contributed by atoms with van der Waals surface area (Å²) in [6, 6.07) is 9.05. The molecule has 0 saturated carbocycles. The summed E-state index contributed by atoms with van der Waals surface area (Å²) in [5.41, 5.74) is 1.31. The van der Waals surface area contributed by atoms with E-state index in [2.05, 4.69) is 4.72 Å². The van der Waals surface area contributed by atoms with Gasteiger partial charge in [0.25, 0.3) is 10.0 Å². The van der Waals surface area contributed by atoms with E-state index < -0.39 is 26.6 Å². The lowest BCUT2D eigenvalue weighted by atomic mass is 10.0. The number of halogens is 2. The van der Waals surface area contributed by atoms with E-state index in [0.29, 0.717) is 11.8 Å². The predicted octanol–water partition coefficient (Wildman–Crippen LogP) is 3.89. The molecule has 1 N–H and O–H groups in total. The van der Waals surface area contributed by atoms with Gasteiger partial charge in [0.2, 0.25) is 0 Å². The van der Waals surface area contributed by atoms with Gasteiger partial charge in [-0.05, 0) is 35.7 Å². The van der Waals surface area contributed by atoms with Crippen LogP contribution in [0.15, 0.2) is 47.4 Å². The Labute approximate surface area is 122 Å². The van der Waals surface area contributed by atoms with Gasteiger partial charge in [0.15, 0.2) is 0 Å². The van der Waals surface area contributed by atoms with Crippen LogP contribution in [0.4, 0.5) is 14.5 Å². The van der Waals surface area contributed by atoms with E-state index in [1.54, 1.807) is 18.2 Å². The quantitative estimate of drug-likeness (QED) is 0.931. The van der Waals surface area contributed by atoms with Gasteiger partial charge in [-0.3, -0.25) is 4.72 Å². The predicted molar refractivity (Wildman–Crippen MR) is 77.7 cm³/mol. The Morgan fingerprint density at radius 1 is 1.00 bits per heavy atom. The summed E-state index contributed by atoms with van der Waals surface area (Å²) in [6.07, 6.45) is 0. The lowest BCUT2D eigenvalue weighted by Gasteiger charge is -2.11. The lowest BCUT2D eigenvalue weighted by molar-refractivity contribution is 0.568. The molecule has 0 aliphatic rings. The summed E-state index contributed by atoms with van der Waals surface area (Å²) in [6.45, 7) is 3.96. The zero-order valence-corrected chi connectivity index (χ0v) is 12.4. The zero-order chi connectivity index (χ0) is 15.6. The van der Waals surface area contributed by atoms with Gasteiger partial charge < -0.3 is 0 Å². The second-order valence-electron chi connectivity index (χ2n) is 4.99. The van der Waals surface area contributed by atoms with Crippen molar-refractivity contribution in [3.63, 3.8) is 0 Å². The van der Waals surface area contributed by atoms with Crippen LogP contribution in [0.3, 0.4) is 0 Å². The van der Waals surface area contributed by atoms with Crippen LogP contribution < -0.4 is 4.72 Å². The van der Waals surface area contributed by atoms with Crippen LogP contribution in [0.5, 0.6) is 0 Å². The minimum Gasteiger partial charge on any atom is -0.280 e. The summed E-state index contributed by atoms with van der Waals surface area (Å²) < 4.78 is 52.9. The third-order valence-corrected chi connectivity index (χ3v) is 4.31. The number of hydrogen-bond acceptors (Lipinski definition) is 2. The van der Waals surface area contributed by atoms with Gasteiger partial charge in [-0.15, -0.1) is 0 Å². The molecule has 2 aromatic rings. The Hall–Kier alpha value is -1.95. The van der Waals surface area contributed by atoms with E-state index in [1.165, 1.54) is 0 Å². The molecule has 0 aliphatic heterocycles. The smallest absolute Gasteiger partial charge is 0.262 e. The Bertz CT molecular complexity index is 738. The van der Waals surface area contributed by atoms with Crippen molar-refractivity contribution in [2.45, 2.75) is 24.7 Å². The van der Waals surface area contributed by atoms with E-state index in [9.17, 15) is 17.2 Å². The number of hydrogen-bond donors (Lipinski definition) is 1. The molecule has 0 spiro atoms. The number of rotatable bonds is 4. The van der Waals surface area contributed by atoms with Crippen molar-refractivity contribution in [3.05, 3.63) is 59.7 Å². The van der Waals surface area contributed by atoms with Crippen LogP contribution >= 0.6 is 0 Å². The van der Waals surface area contributed by atoms with Crippen molar-refractivity contribution < 1.29 is 17.2 Å². The number of nitrogens with one attached hydrogen (secondary N) is 1. The minimum atomic E-state index is -4.03. The van der Waals surface area contributed by atoms with Crippen LogP contribution in [0.1, 0.15) is 25.3 Å². The van der Waals surface area contributed by atoms with Crippen molar-refractivity contribution in [2.24, 2.45) is 0 Å². The Morgan fingerprint density at radius 3 is 2.19 bits per heavy atom. The van der Waals surface area contributed by atoms with E-state index >= 15 is 0 Å². The highest BCUT2D eigenvalue weighted by molar-refractivity contribution is 7.92. The molecule has 3 nitrogen and oxygen atoms in total. The van der Waals surface area contributed by atoms with Gasteiger partial charge in [0, 0.05) is 11.8 Å². The Morgan fingerprint density at radius 2 is 1.62 bits per heavy atom. The second kappa shape index (κ2) is 5.81. The fraction of sp³-hybridized carbons (Fsp3) is 0.200. The average molecular weight is 311 g/mol. The SMILES string of the molecule is CC(C)c1cccc(NS(=O)(=O)c2cc(F)cc(F)c2)c1. The van der Waals surface area contributed by atoms with E-state index in [4.69, 9.17) is 0 Å². The van der Waals surface area contributed by atoms with Gasteiger partial charge in [0.05, 0.1) is 4.90 Å². The molecule has 0 aliphatic carbocycles. The Balaban J connectivity index is 2.35. The van der Waals surface area contributed by atoms with Gasteiger partial charge >= 0.3 is 0 Å². The highest BCUT2D eigenvalue weighted by Gasteiger charge is 2.17. The first kappa shape index (κ1) is 15.4. The Kier molecular flexibility index (Phi) is 4.27. The molecule has 0 radical (unpaired) electrons. The molecule has 2 rings (SSSR count). The molecule has 2 aromatic carbocycles. The molecule has 21 heavy (non-hydrogen) atoms. The van der Waals surface area contributed by atoms with Gasteiger partial charge in [-0.1, -0.05) is 26.0 Å². The number of anilines is 1. The second-order valence-corrected chi connectivity index (χ2v) is 6.67. The summed E-state index contributed by atoms with van der Waals surface area (Å²) in [5.74, 6) is -1.64. The summed E-state index contributed by atoms with van der Waals surface area (Å²) in [5, 5.41) is 0. The molecule has 6 heteroatoms. The van der Waals surface area contributed by atoms with Crippen LogP contribution in [0.25, 0.3) is 0 Å². The van der Waals surface area contributed by atoms with Crippen molar-refractivity contribution in [2.75, 3.05) is 4.72 Å². The molecule has 0 amide bonds. The number of benzene rings is 2. The molecule has 0 unspecified atom stereocenters. The first-order valence-electron chi connectivity index (χ1n) is 6.37. The topological polar surface area (TPSA) is 46.2 Å². The maximum Gasteiger partial charge on any atom is 0.262 e. The first-order chi connectivity index (χ1) is 9.78. The third kappa shape index (κ3) is 3.78. The van der Waals surface area contributed by atoms with Gasteiger partial charge in [0.1, 0.15) is 11.6 Å². The standard InChI is InChI=1S/C15H15F2NO2S/c1-10(2)11-4-3-5-14(6-11)18-21(19,20)15-8-12(16)7-13(17)9-15/h3-10,18H,1-2H3. The molecule has 0 saturated heterocycles. The summed E-state index contributed by atoms with van der Waals surface area (Å²) >= 11 is 0. The molecular formula is C15H15F2NO2S. The van der Waals surface area contributed by atoms with Gasteiger partial charge in [-0.2, -0.15) is 0 Å². The maximum absolute atomic E-state index is 13.1. The van der Waals surface area contributed by atoms with Crippen LogP contribution in [0.2, 0.25) is 0 Å². The normalized spacial score (nSPS) is 11.7. The van der Waals surface area contributed by atoms with Crippen LogP contribution in [-0.4, -0.2) is 8.42 Å². The maximum atomic E-state index is 13.1. The molecule has 0 heterocycles. The van der Waals surface area contributed by atoms with Gasteiger partial charge in [-0.25, -0.2) is 17.2 Å². The molecular weight excluding hydrogens is 296 g/mol. The lowest BCUT2D eigenvalue weighted by Crippen LogP contribution is -2.13. The summed E-state index contributed by atoms with van der Waals surface area (Å²) in [7, 11) is -4.03. The zero-order valence-electron chi connectivity index (χ0n) is 11.6.